The van der Waals surface area contributed by atoms with Crippen molar-refractivity contribution < 1.29 is 4.52 Å². The molecule has 0 aliphatic rings. The van der Waals surface area contributed by atoms with E-state index in [1.54, 1.807) is 11.3 Å². The predicted molar refractivity (Wildman–Crippen MR) is 82.1 cm³/mol. The summed E-state index contributed by atoms with van der Waals surface area (Å²) in [7, 11) is 0. The minimum absolute atomic E-state index is 0.346. The summed E-state index contributed by atoms with van der Waals surface area (Å²) in [6, 6.07) is 12.1. The van der Waals surface area contributed by atoms with Crippen LogP contribution in [0.1, 0.15) is 4.88 Å². The van der Waals surface area contributed by atoms with Crippen LogP contribution in [0.5, 0.6) is 0 Å². The third kappa shape index (κ3) is 2.31. The Balaban J connectivity index is 2.19. The van der Waals surface area contributed by atoms with E-state index in [1.165, 1.54) is 4.88 Å². The van der Waals surface area contributed by atoms with Gasteiger partial charge in [-0.2, -0.15) is 0 Å². The van der Waals surface area contributed by atoms with Crippen molar-refractivity contribution in [3.8, 4) is 21.7 Å². The molecule has 0 aliphatic carbocycles. The number of aryl methyl sites for hydroxylation is 1. The lowest BCUT2D eigenvalue weighted by Crippen LogP contribution is -1.86. The van der Waals surface area contributed by atoms with Crippen LogP contribution in [0.4, 0.5) is 5.88 Å². The molecule has 0 radical (unpaired) electrons. The number of hydrogen-bond donors (Lipinski definition) is 1. The maximum Gasteiger partial charge on any atom is 0.230 e. The summed E-state index contributed by atoms with van der Waals surface area (Å²) in [6.07, 6.45) is 0. The Morgan fingerprint density at radius 2 is 2.11 bits per heavy atom. The molecule has 2 heterocycles. The normalized spacial score (nSPS) is 10.8. The lowest BCUT2D eigenvalue weighted by molar-refractivity contribution is 0.439. The van der Waals surface area contributed by atoms with E-state index >= 15 is 0 Å². The van der Waals surface area contributed by atoms with Gasteiger partial charge in [0, 0.05) is 9.35 Å². The van der Waals surface area contributed by atoms with Crippen molar-refractivity contribution in [3.63, 3.8) is 0 Å². The Kier molecular flexibility index (Phi) is 3.16. The summed E-state index contributed by atoms with van der Waals surface area (Å²) in [5.41, 5.74) is 8.57. The fraction of sp³-hybridized carbons (Fsp3) is 0.0714. The van der Waals surface area contributed by atoms with Gasteiger partial charge in [0.15, 0.2) is 0 Å². The number of hydrogen-bond acceptors (Lipinski definition) is 4. The second-order valence-electron chi connectivity index (χ2n) is 4.19. The van der Waals surface area contributed by atoms with Crippen LogP contribution in [0.25, 0.3) is 21.7 Å². The Labute approximate surface area is 123 Å². The van der Waals surface area contributed by atoms with Gasteiger partial charge in [0.05, 0.1) is 10.4 Å². The molecule has 0 atom stereocenters. The predicted octanol–water partition coefficient (Wildman–Crippen LogP) is 4.72. The van der Waals surface area contributed by atoms with Gasteiger partial charge in [-0.1, -0.05) is 33.2 Å². The topological polar surface area (TPSA) is 52.0 Å². The number of aromatic nitrogens is 1. The number of rotatable bonds is 2. The first-order chi connectivity index (χ1) is 9.15. The van der Waals surface area contributed by atoms with Crippen molar-refractivity contribution in [1.29, 1.82) is 0 Å². The molecule has 2 N–H and O–H groups in total. The second kappa shape index (κ2) is 4.83. The van der Waals surface area contributed by atoms with Crippen molar-refractivity contribution in [2.75, 3.05) is 5.73 Å². The summed E-state index contributed by atoms with van der Waals surface area (Å²) in [4.78, 5) is 2.30. The summed E-state index contributed by atoms with van der Waals surface area (Å²) in [5.74, 6) is 0.346. The SMILES string of the molecule is Cc1ccc(-c2noc(N)c2-c2cccc(Br)c2)s1. The molecule has 19 heavy (non-hydrogen) atoms. The molecule has 0 spiro atoms. The molecule has 1 aromatic carbocycles. The number of nitrogens with zero attached hydrogens (tertiary/aromatic N) is 1. The molecule has 0 fully saturated rings. The lowest BCUT2D eigenvalue weighted by atomic mass is 10.1. The van der Waals surface area contributed by atoms with E-state index in [0.717, 1.165) is 26.2 Å². The van der Waals surface area contributed by atoms with Gasteiger partial charge in [-0.3, -0.25) is 0 Å². The average Bonchev–Trinajstić information content (AvgIpc) is 2.95. The minimum atomic E-state index is 0.346. The highest BCUT2D eigenvalue weighted by molar-refractivity contribution is 9.10. The summed E-state index contributed by atoms with van der Waals surface area (Å²) < 4.78 is 6.17. The molecule has 0 amide bonds. The summed E-state index contributed by atoms with van der Waals surface area (Å²) in [6.45, 7) is 2.07. The van der Waals surface area contributed by atoms with E-state index in [-0.39, 0.29) is 0 Å². The number of halogens is 1. The largest absolute Gasteiger partial charge is 0.367 e. The third-order valence-corrected chi connectivity index (χ3v) is 4.31. The molecular weight excluding hydrogens is 324 g/mol. The van der Waals surface area contributed by atoms with Crippen LogP contribution in [-0.2, 0) is 0 Å². The number of nitrogen functional groups attached to an aromatic ring is 1. The van der Waals surface area contributed by atoms with E-state index in [2.05, 4.69) is 34.1 Å². The second-order valence-corrected chi connectivity index (χ2v) is 6.39. The zero-order valence-electron chi connectivity index (χ0n) is 10.2. The van der Waals surface area contributed by atoms with Crippen LogP contribution in [0, 0.1) is 6.92 Å². The molecule has 3 rings (SSSR count). The number of nitrogens with two attached hydrogens (primary N) is 1. The zero-order valence-corrected chi connectivity index (χ0v) is 12.6. The van der Waals surface area contributed by atoms with Crippen molar-refractivity contribution in [2.45, 2.75) is 6.92 Å². The van der Waals surface area contributed by atoms with Gasteiger partial charge in [-0.15, -0.1) is 11.3 Å². The fourth-order valence-electron chi connectivity index (χ4n) is 1.96. The number of anilines is 1. The van der Waals surface area contributed by atoms with Crippen LogP contribution >= 0.6 is 27.3 Å². The molecular formula is C14H11BrN2OS. The maximum atomic E-state index is 5.93. The fourth-order valence-corrected chi connectivity index (χ4v) is 3.21. The van der Waals surface area contributed by atoms with Crippen LogP contribution in [0.2, 0.25) is 0 Å². The summed E-state index contributed by atoms with van der Waals surface area (Å²) in [5, 5.41) is 4.10. The highest BCUT2D eigenvalue weighted by Crippen LogP contribution is 2.39. The molecule has 0 saturated carbocycles. The number of thiophene rings is 1. The van der Waals surface area contributed by atoms with E-state index in [1.807, 2.05) is 30.3 Å². The average molecular weight is 335 g/mol. The standard InChI is InChI=1S/C14H11BrN2OS/c1-8-5-6-11(19-8)13-12(14(16)18-17-13)9-3-2-4-10(15)7-9/h2-7H,16H2,1H3. The van der Waals surface area contributed by atoms with Gasteiger partial charge in [0.25, 0.3) is 0 Å². The van der Waals surface area contributed by atoms with Crippen molar-refractivity contribution in [2.24, 2.45) is 0 Å². The molecule has 0 saturated heterocycles. The highest BCUT2D eigenvalue weighted by atomic mass is 79.9. The van der Waals surface area contributed by atoms with Crippen molar-refractivity contribution >= 4 is 33.2 Å². The first-order valence-corrected chi connectivity index (χ1v) is 7.34. The van der Waals surface area contributed by atoms with Crippen molar-refractivity contribution in [1.82, 2.24) is 5.16 Å². The van der Waals surface area contributed by atoms with E-state index in [0.29, 0.717) is 5.88 Å². The quantitative estimate of drug-likeness (QED) is 0.737. The van der Waals surface area contributed by atoms with Gasteiger partial charge in [-0.05, 0) is 36.8 Å². The molecule has 2 aromatic heterocycles. The molecule has 3 aromatic rings. The van der Waals surface area contributed by atoms with E-state index in [9.17, 15) is 0 Å². The molecule has 5 heteroatoms. The Bertz CT molecular complexity index is 733. The minimum Gasteiger partial charge on any atom is -0.367 e. The molecule has 0 bridgehead atoms. The van der Waals surface area contributed by atoms with Gasteiger partial charge in [-0.25, -0.2) is 0 Å². The first-order valence-electron chi connectivity index (χ1n) is 5.73. The van der Waals surface area contributed by atoms with Gasteiger partial charge in [0.1, 0.15) is 5.69 Å². The first kappa shape index (κ1) is 12.4. The van der Waals surface area contributed by atoms with Crippen LogP contribution in [0.3, 0.4) is 0 Å². The van der Waals surface area contributed by atoms with Gasteiger partial charge < -0.3 is 10.3 Å². The molecule has 0 aliphatic heterocycles. The Morgan fingerprint density at radius 1 is 1.26 bits per heavy atom. The van der Waals surface area contributed by atoms with Crippen LogP contribution in [-0.4, -0.2) is 5.16 Å². The maximum absolute atomic E-state index is 5.93. The summed E-state index contributed by atoms with van der Waals surface area (Å²) >= 11 is 5.15. The Hall–Kier alpha value is -1.59. The van der Waals surface area contributed by atoms with Crippen molar-refractivity contribution in [3.05, 3.63) is 45.7 Å². The van der Waals surface area contributed by atoms with E-state index < -0.39 is 0 Å². The molecule has 96 valence electrons. The van der Waals surface area contributed by atoms with Crippen LogP contribution in [0.15, 0.2) is 45.4 Å². The lowest BCUT2D eigenvalue weighted by Gasteiger charge is -2.01. The van der Waals surface area contributed by atoms with E-state index in [4.69, 9.17) is 10.3 Å². The smallest absolute Gasteiger partial charge is 0.230 e. The number of benzene rings is 1. The molecule has 0 unspecified atom stereocenters. The van der Waals surface area contributed by atoms with Crippen LogP contribution < -0.4 is 5.73 Å². The highest BCUT2D eigenvalue weighted by Gasteiger charge is 2.18. The van der Waals surface area contributed by atoms with Gasteiger partial charge >= 0.3 is 0 Å². The monoisotopic (exact) mass is 334 g/mol. The Morgan fingerprint density at radius 3 is 2.79 bits per heavy atom. The third-order valence-electron chi connectivity index (χ3n) is 2.81. The van der Waals surface area contributed by atoms with Gasteiger partial charge in [0.2, 0.25) is 5.88 Å². The zero-order chi connectivity index (χ0) is 13.4. The molecule has 3 nitrogen and oxygen atoms in total.